The maximum Gasteiger partial charge on any atom is 0.410 e. The van der Waals surface area contributed by atoms with Crippen LogP contribution in [0, 0.1) is 0 Å². The smallest absolute Gasteiger partial charge is 0.410 e. The highest BCUT2D eigenvalue weighted by atomic mass is 19.4. The summed E-state index contributed by atoms with van der Waals surface area (Å²) in [6.45, 7) is 8.45. The summed E-state index contributed by atoms with van der Waals surface area (Å²) < 4.78 is 41.8. The van der Waals surface area contributed by atoms with Gasteiger partial charge in [-0.1, -0.05) is 0 Å². The summed E-state index contributed by atoms with van der Waals surface area (Å²) >= 11 is 0. The van der Waals surface area contributed by atoms with Gasteiger partial charge in [-0.15, -0.1) is 0 Å². The molecule has 0 aromatic carbocycles. The van der Waals surface area contributed by atoms with Gasteiger partial charge in [0.2, 0.25) is 0 Å². The van der Waals surface area contributed by atoms with Gasteiger partial charge in [0.25, 0.3) is 0 Å². The topological polar surface area (TPSA) is 32.8 Å². The third kappa shape index (κ3) is 5.98. The molecule has 0 saturated carbocycles. The molecule has 0 aliphatic carbocycles. The highest BCUT2D eigenvalue weighted by molar-refractivity contribution is 5.68. The maximum absolute atomic E-state index is 12.2. The van der Waals surface area contributed by atoms with Gasteiger partial charge in [-0.3, -0.25) is 4.90 Å². The predicted molar refractivity (Wildman–Crippen MR) is 69.5 cm³/mol. The molecule has 0 aromatic heterocycles. The molecule has 1 atom stereocenters. The molecule has 4 nitrogen and oxygen atoms in total. The minimum absolute atomic E-state index is 0.0179. The van der Waals surface area contributed by atoms with Gasteiger partial charge in [-0.05, 0) is 27.7 Å². The van der Waals surface area contributed by atoms with E-state index in [-0.39, 0.29) is 12.6 Å². The molecule has 1 aliphatic rings. The summed E-state index contributed by atoms with van der Waals surface area (Å²) in [4.78, 5) is 15.3. The fourth-order valence-corrected chi connectivity index (χ4v) is 2.11. The van der Waals surface area contributed by atoms with Crippen molar-refractivity contribution in [2.45, 2.75) is 51.9 Å². The Kier molecular flexibility index (Phi) is 5.29. The summed E-state index contributed by atoms with van der Waals surface area (Å²) in [7, 11) is 0. The Bertz CT molecular complexity index is 339. The number of halogens is 3. The molecule has 1 rings (SSSR count). The van der Waals surface area contributed by atoms with Crippen molar-refractivity contribution >= 4 is 6.09 Å². The van der Waals surface area contributed by atoms with Crippen LogP contribution < -0.4 is 0 Å². The van der Waals surface area contributed by atoms with Gasteiger partial charge in [0.05, 0.1) is 6.42 Å². The number of carbonyl (C=O) groups excluding carboxylic acids is 1. The SMILES string of the molecule is C[C@H]1CN(CCC(F)(F)F)CCN1C(=O)OC(C)(C)C. The third-order valence-electron chi connectivity index (χ3n) is 3.05. The fourth-order valence-electron chi connectivity index (χ4n) is 2.11. The molecule has 20 heavy (non-hydrogen) atoms. The Balaban J connectivity index is 2.45. The van der Waals surface area contributed by atoms with Crippen molar-refractivity contribution in [3.8, 4) is 0 Å². The molecule has 0 aromatic rings. The average Bonchev–Trinajstić information content (AvgIpc) is 2.22. The third-order valence-corrected chi connectivity index (χ3v) is 3.05. The Morgan fingerprint density at radius 1 is 1.25 bits per heavy atom. The molecular weight excluding hydrogens is 273 g/mol. The standard InChI is InChI=1S/C13H23F3N2O2/c1-10-9-17(6-5-13(14,15)16)7-8-18(10)11(19)20-12(2,3)4/h10H,5-9H2,1-4H3/t10-/m0/s1. The number of amides is 1. The van der Waals surface area contributed by atoms with Crippen LogP contribution in [-0.2, 0) is 4.74 Å². The van der Waals surface area contributed by atoms with Crippen LogP contribution in [0.2, 0.25) is 0 Å². The van der Waals surface area contributed by atoms with E-state index in [9.17, 15) is 18.0 Å². The lowest BCUT2D eigenvalue weighted by Crippen LogP contribution is -2.55. The first-order chi connectivity index (χ1) is 8.98. The summed E-state index contributed by atoms with van der Waals surface area (Å²) in [6.07, 6.45) is -5.35. The summed E-state index contributed by atoms with van der Waals surface area (Å²) in [5.41, 5.74) is -0.565. The minimum Gasteiger partial charge on any atom is -0.444 e. The van der Waals surface area contributed by atoms with E-state index in [1.807, 2.05) is 6.92 Å². The number of hydrogen-bond acceptors (Lipinski definition) is 3. The number of nitrogens with zero attached hydrogens (tertiary/aromatic N) is 2. The van der Waals surface area contributed by atoms with Crippen molar-refractivity contribution in [2.24, 2.45) is 0 Å². The van der Waals surface area contributed by atoms with E-state index < -0.39 is 24.3 Å². The summed E-state index contributed by atoms with van der Waals surface area (Å²) in [5, 5.41) is 0. The number of rotatable bonds is 2. The molecule has 0 unspecified atom stereocenters. The zero-order valence-corrected chi connectivity index (χ0v) is 12.5. The van der Waals surface area contributed by atoms with E-state index in [1.54, 1.807) is 30.6 Å². The van der Waals surface area contributed by atoms with E-state index in [4.69, 9.17) is 4.74 Å². The van der Waals surface area contributed by atoms with Gasteiger partial charge in [-0.2, -0.15) is 13.2 Å². The van der Waals surface area contributed by atoms with Crippen LogP contribution in [0.25, 0.3) is 0 Å². The van der Waals surface area contributed by atoms with Crippen molar-refractivity contribution in [3.63, 3.8) is 0 Å². The number of hydrogen-bond donors (Lipinski definition) is 0. The Hall–Kier alpha value is -0.980. The van der Waals surface area contributed by atoms with Gasteiger partial charge in [-0.25, -0.2) is 4.79 Å². The number of alkyl halides is 3. The normalized spacial score (nSPS) is 21.9. The van der Waals surface area contributed by atoms with Gasteiger partial charge in [0, 0.05) is 32.2 Å². The van der Waals surface area contributed by atoms with E-state index in [2.05, 4.69) is 0 Å². The van der Waals surface area contributed by atoms with Gasteiger partial charge < -0.3 is 9.64 Å². The van der Waals surface area contributed by atoms with Gasteiger partial charge in [0.15, 0.2) is 0 Å². The van der Waals surface area contributed by atoms with Gasteiger partial charge >= 0.3 is 12.3 Å². The second kappa shape index (κ2) is 6.20. The Labute approximate surface area is 117 Å². The molecule has 0 spiro atoms. The van der Waals surface area contributed by atoms with E-state index >= 15 is 0 Å². The largest absolute Gasteiger partial charge is 0.444 e. The lowest BCUT2D eigenvalue weighted by Gasteiger charge is -2.40. The lowest BCUT2D eigenvalue weighted by atomic mass is 10.2. The average molecular weight is 296 g/mol. The van der Waals surface area contributed by atoms with Crippen LogP contribution in [0.3, 0.4) is 0 Å². The first-order valence-electron chi connectivity index (χ1n) is 6.77. The zero-order chi connectivity index (χ0) is 15.6. The zero-order valence-electron chi connectivity index (χ0n) is 12.5. The molecule has 1 heterocycles. The molecule has 118 valence electrons. The Morgan fingerprint density at radius 2 is 1.85 bits per heavy atom. The fraction of sp³-hybridized carbons (Fsp3) is 0.923. The maximum atomic E-state index is 12.2. The van der Waals surface area contributed by atoms with Crippen molar-refractivity contribution in [3.05, 3.63) is 0 Å². The molecule has 7 heteroatoms. The molecular formula is C13H23F3N2O2. The Morgan fingerprint density at radius 3 is 2.30 bits per heavy atom. The van der Waals surface area contributed by atoms with Gasteiger partial charge in [0.1, 0.15) is 5.60 Å². The molecule has 0 radical (unpaired) electrons. The summed E-state index contributed by atoms with van der Waals surface area (Å²) in [6, 6.07) is -0.146. The molecule has 1 aliphatic heterocycles. The minimum atomic E-state index is -4.13. The number of piperazine rings is 1. The second-order valence-electron chi connectivity index (χ2n) is 6.19. The first-order valence-corrected chi connectivity index (χ1v) is 6.77. The molecule has 1 saturated heterocycles. The van der Waals surface area contributed by atoms with Crippen LogP contribution in [-0.4, -0.2) is 59.9 Å². The van der Waals surface area contributed by atoms with Crippen molar-refractivity contribution in [1.82, 2.24) is 9.80 Å². The number of ether oxygens (including phenoxy) is 1. The molecule has 1 amide bonds. The first kappa shape index (κ1) is 17.1. The van der Waals surface area contributed by atoms with Crippen molar-refractivity contribution in [1.29, 1.82) is 0 Å². The highest BCUT2D eigenvalue weighted by Gasteiger charge is 2.33. The monoisotopic (exact) mass is 296 g/mol. The second-order valence-corrected chi connectivity index (χ2v) is 6.19. The van der Waals surface area contributed by atoms with E-state index in [1.165, 1.54) is 0 Å². The quantitative estimate of drug-likeness (QED) is 0.785. The molecule has 0 bridgehead atoms. The summed E-state index contributed by atoms with van der Waals surface area (Å²) in [5.74, 6) is 0. The van der Waals surface area contributed by atoms with Crippen LogP contribution in [0.4, 0.5) is 18.0 Å². The van der Waals surface area contributed by atoms with Crippen LogP contribution >= 0.6 is 0 Å². The number of carbonyl (C=O) groups is 1. The molecule has 1 fully saturated rings. The lowest BCUT2D eigenvalue weighted by molar-refractivity contribution is -0.139. The van der Waals surface area contributed by atoms with E-state index in [0.29, 0.717) is 19.6 Å². The predicted octanol–water partition coefficient (Wildman–Crippen LogP) is 2.88. The van der Waals surface area contributed by atoms with Crippen molar-refractivity contribution < 1.29 is 22.7 Å². The van der Waals surface area contributed by atoms with Crippen LogP contribution in [0.5, 0.6) is 0 Å². The van der Waals surface area contributed by atoms with Crippen molar-refractivity contribution in [2.75, 3.05) is 26.2 Å². The van der Waals surface area contributed by atoms with Crippen LogP contribution in [0.1, 0.15) is 34.1 Å². The van der Waals surface area contributed by atoms with Crippen LogP contribution in [0.15, 0.2) is 0 Å². The highest BCUT2D eigenvalue weighted by Crippen LogP contribution is 2.21. The van der Waals surface area contributed by atoms with E-state index in [0.717, 1.165) is 0 Å². The molecule has 0 N–H and O–H groups in total.